The van der Waals surface area contributed by atoms with Gasteiger partial charge in [-0.25, -0.2) is 4.98 Å². The average Bonchev–Trinajstić information content (AvgIpc) is 2.69. The number of benzene rings is 1. The maximum atomic E-state index is 12.4. The molecule has 0 saturated carbocycles. The van der Waals surface area contributed by atoms with E-state index in [2.05, 4.69) is 20.5 Å². The third-order valence-electron chi connectivity index (χ3n) is 4.52. The van der Waals surface area contributed by atoms with Crippen molar-refractivity contribution in [3.63, 3.8) is 0 Å². The van der Waals surface area contributed by atoms with Crippen LogP contribution in [0.25, 0.3) is 0 Å². The second-order valence-corrected chi connectivity index (χ2v) is 6.61. The van der Waals surface area contributed by atoms with Crippen LogP contribution in [0.5, 0.6) is 0 Å². The number of hydrogen-bond acceptors (Lipinski definition) is 5. The molecule has 0 atom stereocenters. The molecule has 2 N–H and O–H groups in total. The van der Waals surface area contributed by atoms with E-state index in [4.69, 9.17) is 0 Å². The molecule has 3 rings (SSSR count). The fraction of sp³-hybridized carbons (Fsp3) is 0.300. The largest absolute Gasteiger partial charge is 0.353 e. The fourth-order valence-electron chi connectivity index (χ4n) is 3.00. The van der Waals surface area contributed by atoms with E-state index >= 15 is 0 Å². The molecule has 0 aliphatic carbocycles. The normalized spacial score (nSPS) is 13.8. The summed E-state index contributed by atoms with van der Waals surface area (Å²) in [6.45, 7) is 5.81. The Morgan fingerprint density at radius 2 is 1.46 bits per heavy atom. The molecule has 0 spiro atoms. The second-order valence-electron chi connectivity index (χ2n) is 6.61. The minimum absolute atomic E-state index is 0.0877. The maximum absolute atomic E-state index is 12.4. The number of pyridine rings is 1. The second kappa shape index (κ2) is 8.51. The number of carbonyl (C=O) groups excluding carboxylic acids is 3. The maximum Gasteiger partial charge on any atom is 0.257 e. The lowest BCUT2D eigenvalue weighted by Gasteiger charge is -2.34. The third-order valence-corrected chi connectivity index (χ3v) is 4.52. The average molecular weight is 381 g/mol. The first-order chi connectivity index (χ1) is 13.4. The predicted molar refractivity (Wildman–Crippen MR) is 107 cm³/mol. The third kappa shape index (κ3) is 4.85. The predicted octanol–water partition coefficient (Wildman–Crippen LogP) is 1.96. The van der Waals surface area contributed by atoms with Gasteiger partial charge in [-0.15, -0.1) is 0 Å². The minimum atomic E-state index is -0.257. The first-order valence-corrected chi connectivity index (χ1v) is 9.08. The smallest absolute Gasteiger partial charge is 0.257 e. The molecule has 1 aromatic carbocycles. The Bertz CT molecular complexity index is 856. The van der Waals surface area contributed by atoms with Crippen LogP contribution in [0.15, 0.2) is 42.6 Å². The molecule has 28 heavy (non-hydrogen) atoms. The van der Waals surface area contributed by atoms with E-state index in [0.717, 1.165) is 18.9 Å². The molecule has 0 unspecified atom stereocenters. The van der Waals surface area contributed by atoms with Crippen LogP contribution in [0.3, 0.4) is 0 Å². The lowest BCUT2D eigenvalue weighted by molar-refractivity contribution is -0.129. The number of rotatable bonds is 4. The lowest BCUT2D eigenvalue weighted by atomic mass is 10.2. The highest BCUT2D eigenvalue weighted by Crippen LogP contribution is 2.17. The van der Waals surface area contributed by atoms with Gasteiger partial charge in [0.2, 0.25) is 11.8 Å². The molecule has 1 aliphatic rings. The van der Waals surface area contributed by atoms with Crippen molar-refractivity contribution < 1.29 is 14.4 Å². The molecule has 3 amide bonds. The summed E-state index contributed by atoms with van der Waals surface area (Å²) in [6, 6.07) is 10.4. The van der Waals surface area contributed by atoms with Gasteiger partial charge >= 0.3 is 0 Å². The Hall–Kier alpha value is -3.42. The van der Waals surface area contributed by atoms with Crippen molar-refractivity contribution in [2.24, 2.45) is 0 Å². The van der Waals surface area contributed by atoms with Gasteiger partial charge in [-0.05, 0) is 36.4 Å². The van der Waals surface area contributed by atoms with Crippen molar-refractivity contribution in [3.8, 4) is 0 Å². The van der Waals surface area contributed by atoms with E-state index in [1.165, 1.54) is 6.92 Å². The molecular formula is C20H23N5O3. The number of nitrogens with zero attached hydrogens (tertiary/aromatic N) is 3. The Morgan fingerprint density at radius 1 is 0.857 bits per heavy atom. The summed E-state index contributed by atoms with van der Waals surface area (Å²) in [7, 11) is 0. The monoisotopic (exact) mass is 381 g/mol. The Morgan fingerprint density at radius 3 is 1.96 bits per heavy atom. The number of aromatic nitrogens is 1. The highest BCUT2D eigenvalue weighted by Gasteiger charge is 2.19. The molecular weight excluding hydrogens is 358 g/mol. The number of piperazine rings is 1. The summed E-state index contributed by atoms with van der Waals surface area (Å²) in [5.41, 5.74) is 1.75. The van der Waals surface area contributed by atoms with Crippen LogP contribution in [-0.4, -0.2) is 53.8 Å². The van der Waals surface area contributed by atoms with Gasteiger partial charge in [-0.3, -0.25) is 14.4 Å². The van der Waals surface area contributed by atoms with Crippen LogP contribution in [0.2, 0.25) is 0 Å². The van der Waals surface area contributed by atoms with Gasteiger partial charge in [-0.1, -0.05) is 0 Å². The Kier molecular flexibility index (Phi) is 5.88. The van der Waals surface area contributed by atoms with Crippen LogP contribution in [0.4, 0.5) is 17.2 Å². The molecule has 1 fully saturated rings. The lowest BCUT2D eigenvalue weighted by Crippen LogP contribution is -2.48. The molecule has 146 valence electrons. The van der Waals surface area contributed by atoms with Crippen LogP contribution >= 0.6 is 0 Å². The van der Waals surface area contributed by atoms with Crippen LogP contribution in [-0.2, 0) is 9.59 Å². The zero-order valence-electron chi connectivity index (χ0n) is 15.9. The number of carbonyl (C=O) groups is 3. The number of amides is 3. The highest BCUT2D eigenvalue weighted by atomic mass is 16.2. The summed E-state index contributed by atoms with van der Waals surface area (Å²) in [5.74, 6) is 0.475. The summed E-state index contributed by atoms with van der Waals surface area (Å²) in [4.78, 5) is 43.2. The molecule has 2 aromatic rings. The SMILES string of the molecule is CC(=O)Nc1ccc(NC(=O)c2ccc(N3CCN(C(C)=O)CC3)nc2)cc1. The van der Waals surface area contributed by atoms with E-state index in [-0.39, 0.29) is 17.7 Å². The van der Waals surface area contributed by atoms with E-state index < -0.39 is 0 Å². The van der Waals surface area contributed by atoms with E-state index in [0.29, 0.717) is 30.0 Å². The summed E-state index contributed by atoms with van der Waals surface area (Å²) >= 11 is 0. The van der Waals surface area contributed by atoms with E-state index in [1.54, 1.807) is 43.5 Å². The quantitative estimate of drug-likeness (QED) is 0.844. The first-order valence-electron chi connectivity index (χ1n) is 9.08. The molecule has 0 bridgehead atoms. The van der Waals surface area contributed by atoms with Gasteiger partial charge in [0.15, 0.2) is 0 Å². The van der Waals surface area contributed by atoms with Crippen LogP contribution in [0.1, 0.15) is 24.2 Å². The van der Waals surface area contributed by atoms with Crippen molar-refractivity contribution in [1.29, 1.82) is 0 Å². The molecule has 8 nitrogen and oxygen atoms in total. The van der Waals surface area contributed by atoms with Gasteiger partial charge < -0.3 is 20.4 Å². The van der Waals surface area contributed by atoms with Gasteiger partial charge in [0.05, 0.1) is 5.56 Å². The first kappa shape index (κ1) is 19.3. The summed E-state index contributed by atoms with van der Waals surface area (Å²) in [5, 5.41) is 5.48. The van der Waals surface area contributed by atoms with Crippen molar-refractivity contribution in [2.75, 3.05) is 41.7 Å². The fourth-order valence-corrected chi connectivity index (χ4v) is 3.00. The number of anilines is 3. The van der Waals surface area contributed by atoms with Crippen molar-refractivity contribution >= 4 is 34.9 Å². The van der Waals surface area contributed by atoms with E-state index in [1.807, 2.05) is 11.0 Å². The minimum Gasteiger partial charge on any atom is -0.353 e. The van der Waals surface area contributed by atoms with Gasteiger partial charge in [-0.2, -0.15) is 0 Å². The van der Waals surface area contributed by atoms with Crippen LogP contribution < -0.4 is 15.5 Å². The van der Waals surface area contributed by atoms with Gasteiger partial charge in [0, 0.05) is 57.6 Å². The summed E-state index contributed by atoms with van der Waals surface area (Å²) in [6.07, 6.45) is 1.55. The highest BCUT2D eigenvalue weighted by molar-refractivity contribution is 6.04. The summed E-state index contributed by atoms with van der Waals surface area (Å²) < 4.78 is 0. The van der Waals surface area contributed by atoms with Gasteiger partial charge in [0.25, 0.3) is 5.91 Å². The zero-order valence-corrected chi connectivity index (χ0v) is 15.9. The molecule has 8 heteroatoms. The zero-order chi connectivity index (χ0) is 20.1. The molecule has 1 saturated heterocycles. The van der Waals surface area contributed by atoms with Crippen molar-refractivity contribution in [2.45, 2.75) is 13.8 Å². The van der Waals surface area contributed by atoms with Gasteiger partial charge in [0.1, 0.15) is 5.82 Å². The van der Waals surface area contributed by atoms with Crippen molar-refractivity contribution in [1.82, 2.24) is 9.88 Å². The molecule has 1 aliphatic heterocycles. The molecule has 1 aromatic heterocycles. The molecule has 2 heterocycles. The van der Waals surface area contributed by atoms with Crippen molar-refractivity contribution in [3.05, 3.63) is 48.2 Å². The molecule has 0 radical (unpaired) electrons. The number of nitrogens with one attached hydrogen (secondary N) is 2. The Balaban J connectivity index is 1.58. The topological polar surface area (TPSA) is 94.6 Å². The van der Waals surface area contributed by atoms with Crippen LogP contribution in [0, 0.1) is 0 Å². The Labute approximate surface area is 163 Å². The number of hydrogen-bond donors (Lipinski definition) is 2. The van der Waals surface area contributed by atoms with E-state index in [9.17, 15) is 14.4 Å². The standard InChI is InChI=1S/C20H23N5O3/c1-14(26)22-17-4-6-18(7-5-17)23-20(28)16-3-8-19(21-13-16)25-11-9-24(10-12-25)15(2)27/h3-8,13H,9-12H2,1-2H3,(H,22,26)(H,23,28).